The molecular weight excluding hydrogens is 176 g/mol. The van der Waals surface area contributed by atoms with Crippen molar-refractivity contribution < 1.29 is 9.59 Å². The van der Waals surface area contributed by atoms with Gasteiger partial charge in [0.1, 0.15) is 5.78 Å². The fourth-order valence-electron chi connectivity index (χ4n) is 1.75. The summed E-state index contributed by atoms with van der Waals surface area (Å²) in [5.41, 5.74) is 0.723. The summed E-state index contributed by atoms with van der Waals surface area (Å²) in [6, 6.07) is 9.18. The van der Waals surface area contributed by atoms with Gasteiger partial charge in [-0.15, -0.1) is 0 Å². The van der Waals surface area contributed by atoms with Gasteiger partial charge in [-0.25, -0.2) is 0 Å². The molecule has 2 heteroatoms. The van der Waals surface area contributed by atoms with Crippen LogP contribution in [0.4, 0.5) is 0 Å². The normalized spacial score (nSPS) is 24.4. The zero-order valence-electron chi connectivity index (χ0n) is 8.07. The van der Waals surface area contributed by atoms with Gasteiger partial charge in [-0.1, -0.05) is 30.3 Å². The van der Waals surface area contributed by atoms with Gasteiger partial charge in [0, 0.05) is 17.4 Å². The number of carbonyl (C=O) groups is 2. The first-order valence-electron chi connectivity index (χ1n) is 4.80. The van der Waals surface area contributed by atoms with Gasteiger partial charge < -0.3 is 0 Å². The summed E-state index contributed by atoms with van der Waals surface area (Å²) in [5.74, 6) is 0.197. The first-order valence-corrected chi connectivity index (χ1v) is 4.80. The second-order valence-corrected chi connectivity index (χ2v) is 3.79. The molecule has 0 bridgehead atoms. The van der Waals surface area contributed by atoms with Crippen molar-refractivity contribution in [3.05, 3.63) is 35.9 Å². The van der Waals surface area contributed by atoms with E-state index in [0.29, 0.717) is 0 Å². The lowest BCUT2D eigenvalue weighted by atomic mass is 10.1. The van der Waals surface area contributed by atoms with Crippen LogP contribution in [0.15, 0.2) is 30.3 Å². The summed E-state index contributed by atoms with van der Waals surface area (Å²) in [4.78, 5) is 22.8. The van der Waals surface area contributed by atoms with Gasteiger partial charge in [-0.2, -0.15) is 0 Å². The van der Waals surface area contributed by atoms with Crippen LogP contribution >= 0.6 is 0 Å². The van der Waals surface area contributed by atoms with E-state index in [1.165, 1.54) is 0 Å². The van der Waals surface area contributed by atoms with Crippen LogP contribution < -0.4 is 0 Å². The van der Waals surface area contributed by atoms with Crippen LogP contribution in [0.25, 0.3) is 0 Å². The number of carbonyl (C=O) groups excluding carboxylic acids is 2. The highest BCUT2D eigenvalue weighted by Gasteiger charge is 2.45. The Labute approximate surface area is 82.9 Å². The quantitative estimate of drug-likeness (QED) is 0.681. The third-order valence-corrected chi connectivity index (χ3v) is 2.71. The fourth-order valence-corrected chi connectivity index (χ4v) is 1.75. The number of hydrogen-bond acceptors (Lipinski definition) is 2. The van der Waals surface area contributed by atoms with E-state index in [-0.39, 0.29) is 23.4 Å². The van der Waals surface area contributed by atoms with E-state index >= 15 is 0 Å². The average molecular weight is 188 g/mol. The molecule has 0 spiro atoms. The summed E-state index contributed by atoms with van der Waals surface area (Å²) in [6.45, 7) is 1.56. The van der Waals surface area contributed by atoms with E-state index in [1.54, 1.807) is 19.1 Å². The van der Waals surface area contributed by atoms with Crippen molar-refractivity contribution in [2.24, 2.45) is 11.8 Å². The van der Waals surface area contributed by atoms with Crippen LogP contribution in [-0.4, -0.2) is 11.6 Å². The Morgan fingerprint density at radius 3 is 2.29 bits per heavy atom. The van der Waals surface area contributed by atoms with Crippen molar-refractivity contribution in [3.8, 4) is 0 Å². The molecule has 2 atom stereocenters. The SMILES string of the molecule is CC(=O)[C@H]1C[C@@H]1C(=O)c1ccccc1. The fraction of sp³-hybridized carbons (Fsp3) is 0.333. The minimum Gasteiger partial charge on any atom is -0.300 e. The third-order valence-electron chi connectivity index (χ3n) is 2.71. The Bertz CT molecular complexity index is 367. The van der Waals surface area contributed by atoms with Crippen LogP contribution in [0.3, 0.4) is 0 Å². The molecule has 1 aromatic rings. The minimum atomic E-state index is -0.0464. The molecule has 0 unspecified atom stereocenters. The zero-order chi connectivity index (χ0) is 10.1. The molecule has 0 aromatic heterocycles. The van der Waals surface area contributed by atoms with Gasteiger partial charge in [-0.05, 0) is 13.3 Å². The van der Waals surface area contributed by atoms with Crippen molar-refractivity contribution in [3.63, 3.8) is 0 Å². The maximum atomic E-state index is 11.8. The lowest BCUT2D eigenvalue weighted by Gasteiger charge is -1.97. The van der Waals surface area contributed by atoms with Crippen molar-refractivity contribution in [2.45, 2.75) is 13.3 Å². The Morgan fingerprint density at radius 1 is 1.14 bits per heavy atom. The maximum Gasteiger partial charge on any atom is 0.166 e. The minimum absolute atomic E-state index is 0.0114. The van der Waals surface area contributed by atoms with E-state index in [2.05, 4.69) is 0 Å². The number of rotatable bonds is 3. The molecule has 0 heterocycles. The molecule has 0 aliphatic heterocycles. The highest BCUT2D eigenvalue weighted by atomic mass is 16.1. The van der Waals surface area contributed by atoms with Crippen LogP contribution in [0, 0.1) is 11.8 Å². The maximum absolute atomic E-state index is 11.8. The standard InChI is InChI=1S/C12H12O2/c1-8(13)10-7-11(10)12(14)9-5-3-2-4-6-9/h2-6,10-11H,7H2,1H3/t10-,11+/m1/s1. The van der Waals surface area contributed by atoms with Gasteiger partial charge in [0.2, 0.25) is 0 Å². The molecule has 1 fully saturated rings. The Hall–Kier alpha value is -1.44. The van der Waals surface area contributed by atoms with Gasteiger partial charge in [0.15, 0.2) is 5.78 Å². The summed E-state index contributed by atoms with van der Waals surface area (Å²) in [6.07, 6.45) is 0.739. The van der Waals surface area contributed by atoms with Gasteiger partial charge in [-0.3, -0.25) is 9.59 Å². The van der Waals surface area contributed by atoms with Crippen molar-refractivity contribution in [1.82, 2.24) is 0 Å². The number of Topliss-reactive ketones (excluding diaryl/α,β-unsaturated/α-hetero) is 2. The molecule has 0 N–H and O–H groups in total. The Kier molecular flexibility index (Phi) is 2.20. The molecule has 14 heavy (non-hydrogen) atoms. The van der Waals surface area contributed by atoms with E-state index < -0.39 is 0 Å². The van der Waals surface area contributed by atoms with E-state index in [9.17, 15) is 9.59 Å². The molecular formula is C12H12O2. The molecule has 0 radical (unpaired) electrons. The lowest BCUT2D eigenvalue weighted by molar-refractivity contribution is -0.118. The van der Waals surface area contributed by atoms with E-state index in [0.717, 1.165) is 12.0 Å². The first kappa shape index (κ1) is 9.13. The predicted molar refractivity (Wildman–Crippen MR) is 53.1 cm³/mol. The first-order chi connectivity index (χ1) is 6.70. The molecule has 1 aliphatic rings. The number of hydrogen-bond donors (Lipinski definition) is 0. The van der Waals surface area contributed by atoms with Crippen LogP contribution in [0.1, 0.15) is 23.7 Å². The van der Waals surface area contributed by atoms with Crippen molar-refractivity contribution in [2.75, 3.05) is 0 Å². The molecule has 2 nitrogen and oxygen atoms in total. The molecule has 2 rings (SSSR count). The Balaban J connectivity index is 2.09. The number of benzene rings is 1. The molecule has 1 aromatic carbocycles. The van der Waals surface area contributed by atoms with Gasteiger partial charge in [0.05, 0.1) is 0 Å². The topological polar surface area (TPSA) is 34.1 Å². The smallest absolute Gasteiger partial charge is 0.166 e. The van der Waals surface area contributed by atoms with Gasteiger partial charge >= 0.3 is 0 Å². The second-order valence-electron chi connectivity index (χ2n) is 3.79. The van der Waals surface area contributed by atoms with Gasteiger partial charge in [0.25, 0.3) is 0 Å². The predicted octanol–water partition coefficient (Wildman–Crippen LogP) is 2.09. The van der Waals surface area contributed by atoms with Crippen LogP contribution in [-0.2, 0) is 4.79 Å². The summed E-state index contributed by atoms with van der Waals surface area (Å²) in [7, 11) is 0. The summed E-state index contributed by atoms with van der Waals surface area (Å²) in [5, 5.41) is 0. The van der Waals surface area contributed by atoms with E-state index in [1.807, 2.05) is 18.2 Å². The lowest BCUT2D eigenvalue weighted by Crippen LogP contribution is -2.06. The van der Waals surface area contributed by atoms with Crippen LogP contribution in [0.2, 0.25) is 0 Å². The average Bonchev–Trinajstić information content (AvgIpc) is 2.97. The molecule has 1 aliphatic carbocycles. The number of ketones is 2. The molecule has 0 saturated heterocycles. The third kappa shape index (κ3) is 1.60. The zero-order valence-corrected chi connectivity index (χ0v) is 8.07. The second kappa shape index (κ2) is 3.37. The summed E-state index contributed by atoms with van der Waals surface area (Å²) >= 11 is 0. The Morgan fingerprint density at radius 2 is 1.79 bits per heavy atom. The highest BCUT2D eigenvalue weighted by Crippen LogP contribution is 2.41. The molecule has 72 valence electrons. The van der Waals surface area contributed by atoms with E-state index in [4.69, 9.17) is 0 Å². The van der Waals surface area contributed by atoms with Crippen molar-refractivity contribution in [1.29, 1.82) is 0 Å². The van der Waals surface area contributed by atoms with Crippen LogP contribution in [0.5, 0.6) is 0 Å². The molecule has 1 saturated carbocycles. The highest BCUT2D eigenvalue weighted by molar-refractivity contribution is 6.03. The monoisotopic (exact) mass is 188 g/mol. The van der Waals surface area contributed by atoms with Crippen molar-refractivity contribution >= 4 is 11.6 Å². The summed E-state index contributed by atoms with van der Waals surface area (Å²) < 4.78 is 0. The largest absolute Gasteiger partial charge is 0.300 e. The molecule has 0 amide bonds.